The van der Waals surface area contributed by atoms with Gasteiger partial charge in [-0.3, -0.25) is 9.59 Å². The molecule has 6 heteroatoms. The van der Waals surface area contributed by atoms with Crippen molar-refractivity contribution in [3.05, 3.63) is 54.1 Å². The van der Waals surface area contributed by atoms with Crippen LogP contribution in [0.2, 0.25) is 0 Å². The molecule has 6 nitrogen and oxygen atoms in total. The maximum Gasteiger partial charge on any atom is 0.243 e. The van der Waals surface area contributed by atoms with Crippen LogP contribution in [-0.2, 0) is 9.59 Å². The van der Waals surface area contributed by atoms with Gasteiger partial charge in [0.25, 0.3) is 0 Å². The summed E-state index contributed by atoms with van der Waals surface area (Å²) in [6, 6.07) is 15.5. The van der Waals surface area contributed by atoms with Gasteiger partial charge in [0.05, 0.1) is 13.7 Å². The van der Waals surface area contributed by atoms with E-state index in [4.69, 9.17) is 4.74 Å². The fraction of sp³-hybridized carbons (Fsp3) is 0.391. The first-order valence-corrected chi connectivity index (χ1v) is 9.94. The second-order valence-electron chi connectivity index (χ2n) is 7.69. The molecule has 1 aliphatic rings. The first-order valence-electron chi connectivity index (χ1n) is 9.94. The summed E-state index contributed by atoms with van der Waals surface area (Å²) in [5.41, 5.74) is 2.92. The van der Waals surface area contributed by atoms with Gasteiger partial charge in [0, 0.05) is 31.9 Å². The fourth-order valence-corrected chi connectivity index (χ4v) is 3.41. The maximum absolute atomic E-state index is 12.4. The van der Waals surface area contributed by atoms with E-state index in [1.54, 1.807) is 7.11 Å². The van der Waals surface area contributed by atoms with E-state index in [0.29, 0.717) is 18.0 Å². The van der Waals surface area contributed by atoms with Crippen LogP contribution in [0.4, 0.5) is 11.4 Å². The Kier molecular flexibility index (Phi) is 6.75. The van der Waals surface area contributed by atoms with Gasteiger partial charge in [-0.1, -0.05) is 12.1 Å². The Bertz CT molecular complexity index is 827. The van der Waals surface area contributed by atoms with E-state index in [1.165, 1.54) is 0 Å². The van der Waals surface area contributed by atoms with Crippen LogP contribution in [0.1, 0.15) is 30.7 Å². The number of hydrogen-bond acceptors (Lipinski definition) is 4. The molecule has 29 heavy (non-hydrogen) atoms. The molecule has 3 rings (SSSR count). The molecule has 0 spiro atoms. The van der Waals surface area contributed by atoms with Crippen LogP contribution in [0.5, 0.6) is 5.75 Å². The molecule has 0 aliphatic heterocycles. The Morgan fingerprint density at radius 1 is 1.03 bits per heavy atom. The van der Waals surface area contributed by atoms with Crippen molar-refractivity contribution in [2.75, 3.05) is 38.0 Å². The van der Waals surface area contributed by atoms with Crippen molar-refractivity contribution < 1.29 is 14.3 Å². The van der Waals surface area contributed by atoms with Crippen LogP contribution in [0.3, 0.4) is 0 Å². The molecule has 0 saturated heterocycles. The third-order valence-electron chi connectivity index (χ3n) is 5.25. The van der Waals surface area contributed by atoms with Gasteiger partial charge < -0.3 is 20.3 Å². The van der Waals surface area contributed by atoms with Gasteiger partial charge in [-0.2, -0.15) is 0 Å². The quantitative estimate of drug-likeness (QED) is 0.683. The van der Waals surface area contributed by atoms with Crippen LogP contribution in [0, 0.1) is 5.92 Å². The zero-order valence-electron chi connectivity index (χ0n) is 17.3. The Labute approximate surface area is 172 Å². The van der Waals surface area contributed by atoms with Crippen molar-refractivity contribution in [2.45, 2.75) is 25.2 Å². The summed E-state index contributed by atoms with van der Waals surface area (Å²) in [4.78, 5) is 26.6. The number of nitrogens with zero attached hydrogens (tertiary/aromatic N) is 1. The molecular weight excluding hydrogens is 366 g/mol. The molecule has 2 N–H and O–H groups in total. The molecule has 0 radical (unpaired) electrons. The zero-order valence-corrected chi connectivity index (χ0v) is 17.3. The number of nitrogens with one attached hydrogen (secondary N) is 2. The van der Waals surface area contributed by atoms with Crippen molar-refractivity contribution in [1.82, 2.24) is 5.32 Å². The van der Waals surface area contributed by atoms with Gasteiger partial charge in [-0.25, -0.2) is 0 Å². The summed E-state index contributed by atoms with van der Waals surface area (Å²) in [5.74, 6) is 1.20. The molecule has 2 amide bonds. The van der Waals surface area contributed by atoms with Gasteiger partial charge in [-0.15, -0.1) is 0 Å². The highest BCUT2D eigenvalue weighted by Crippen LogP contribution is 2.44. The van der Waals surface area contributed by atoms with E-state index < -0.39 is 0 Å². The van der Waals surface area contributed by atoms with Crippen molar-refractivity contribution in [3.63, 3.8) is 0 Å². The van der Waals surface area contributed by atoms with Gasteiger partial charge in [0.15, 0.2) is 0 Å². The summed E-state index contributed by atoms with van der Waals surface area (Å²) >= 11 is 0. The second kappa shape index (κ2) is 9.45. The highest BCUT2D eigenvalue weighted by molar-refractivity contribution is 5.94. The lowest BCUT2D eigenvalue weighted by molar-refractivity contribution is -0.124. The minimum Gasteiger partial charge on any atom is -0.497 e. The predicted octanol–water partition coefficient (Wildman–Crippen LogP) is 3.40. The highest BCUT2D eigenvalue weighted by atomic mass is 16.5. The summed E-state index contributed by atoms with van der Waals surface area (Å²) in [7, 11) is 5.57. The molecule has 0 bridgehead atoms. The van der Waals surface area contributed by atoms with E-state index in [2.05, 4.69) is 10.6 Å². The number of carbonyl (C=O) groups is 2. The van der Waals surface area contributed by atoms with Crippen molar-refractivity contribution >= 4 is 23.2 Å². The van der Waals surface area contributed by atoms with Crippen LogP contribution >= 0.6 is 0 Å². The molecule has 1 fully saturated rings. The summed E-state index contributed by atoms with van der Waals surface area (Å²) in [5, 5.41) is 5.56. The minimum absolute atomic E-state index is 0.0335. The molecule has 0 heterocycles. The smallest absolute Gasteiger partial charge is 0.243 e. The molecule has 1 unspecified atom stereocenters. The van der Waals surface area contributed by atoms with Crippen LogP contribution in [0.25, 0.3) is 0 Å². The molecule has 1 aliphatic carbocycles. The molecule has 0 aromatic heterocycles. The third-order valence-corrected chi connectivity index (χ3v) is 5.25. The van der Waals surface area contributed by atoms with E-state index in [-0.39, 0.29) is 24.3 Å². The number of methoxy groups -OCH3 is 1. The molecular formula is C23H29N3O3. The fourth-order valence-electron chi connectivity index (χ4n) is 3.41. The zero-order chi connectivity index (χ0) is 20.8. The topological polar surface area (TPSA) is 70.7 Å². The highest BCUT2D eigenvalue weighted by Gasteiger charge is 2.33. The van der Waals surface area contributed by atoms with Crippen molar-refractivity contribution in [2.24, 2.45) is 5.92 Å². The Morgan fingerprint density at radius 3 is 2.24 bits per heavy atom. The average Bonchev–Trinajstić information content (AvgIpc) is 3.56. The van der Waals surface area contributed by atoms with Gasteiger partial charge in [-0.05, 0) is 66.6 Å². The second-order valence-corrected chi connectivity index (χ2v) is 7.69. The number of benzene rings is 2. The lowest BCUT2D eigenvalue weighted by atomic mass is 9.90. The number of carbonyl (C=O) groups excluding carboxylic acids is 2. The van der Waals surface area contributed by atoms with Crippen LogP contribution in [-0.4, -0.2) is 39.6 Å². The lowest BCUT2D eigenvalue weighted by Gasteiger charge is -2.17. The maximum atomic E-state index is 12.4. The van der Waals surface area contributed by atoms with Crippen molar-refractivity contribution in [3.8, 4) is 5.75 Å². The first-order chi connectivity index (χ1) is 14.0. The first kappa shape index (κ1) is 20.7. The third kappa shape index (κ3) is 5.98. The average molecular weight is 396 g/mol. The number of anilines is 2. The normalized spacial score (nSPS) is 14.0. The van der Waals surface area contributed by atoms with E-state index in [9.17, 15) is 9.59 Å². The van der Waals surface area contributed by atoms with Gasteiger partial charge in [0.1, 0.15) is 5.75 Å². The van der Waals surface area contributed by atoms with E-state index in [1.807, 2.05) is 67.5 Å². The predicted molar refractivity (Wildman–Crippen MR) is 115 cm³/mol. The summed E-state index contributed by atoms with van der Waals surface area (Å²) in [6.07, 6.45) is 2.68. The van der Waals surface area contributed by atoms with Gasteiger partial charge in [0.2, 0.25) is 11.8 Å². The largest absolute Gasteiger partial charge is 0.497 e. The number of hydrogen-bond donors (Lipinski definition) is 2. The Balaban J connectivity index is 1.49. The molecule has 1 atom stereocenters. The standard InChI is InChI=1S/C23H29N3O3/c1-26(2)19-10-8-18(9-11-19)25-23(28)15-24-22(27)14-21(16-4-5-16)17-6-12-20(29-3)13-7-17/h6-13,16,21H,4-5,14-15H2,1-3H3,(H,24,27)(H,25,28). The molecule has 154 valence electrons. The monoisotopic (exact) mass is 395 g/mol. The lowest BCUT2D eigenvalue weighted by Crippen LogP contribution is -2.33. The summed E-state index contributed by atoms with van der Waals surface area (Å²) < 4.78 is 5.21. The Hall–Kier alpha value is -3.02. The SMILES string of the molecule is COc1ccc(C(CC(=O)NCC(=O)Nc2ccc(N(C)C)cc2)C2CC2)cc1. The van der Waals surface area contributed by atoms with Crippen LogP contribution in [0.15, 0.2) is 48.5 Å². The van der Waals surface area contributed by atoms with E-state index >= 15 is 0 Å². The molecule has 1 saturated carbocycles. The molecule has 2 aromatic rings. The number of rotatable bonds is 9. The number of amides is 2. The van der Waals surface area contributed by atoms with Crippen molar-refractivity contribution in [1.29, 1.82) is 0 Å². The summed E-state index contributed by atoms with van der Waals surface area (Å²) in [6.45, 7) is -0.0335. The van der Waals surface area contributed by atoms with Crippen LogP contribution < -0.4 is 20.3 Å². The Morgan fingerprint density at radius 2 is 1.69 bits per heavy atom. The van der Waals surface area contributed by atoms with Gasteiger partial charge >= 0.3 is 0 Å². The number of ether oxygens (including phenoxy) is 1. The van der Waals surface area contributed by atoms with E-state index in [0.717, 1.165) is 29.8 Å². The minimum atomic E-state index is -0.233. The molecule has 2 aromatic carbocycles.